The summed E-state index contributed by atoms with van der Waals surface area (Å²) in [7, 11) is 2.55. The fraction of sp³-hybridized carbons (Fsp3) is 0.600. The summed E-state index contributed by atoms with van der Waals surface area (Å²) < 4.78 is 0. The third-order valence-corrected chi connectivity index (χ3v) is 9.98. The molecule has 4 unspecified atom stereocenters. The predicted octanol–water partition coefficient (Wildman–Crippen LogP) is 1.35. The standard InChI is InChI=1S/C25H34N4O6S2/c30-16-5-3-15(4-6-16)17-7-11-26-20(17)22(32)28-18-13-36-37-14-19(23(33)34)29-24(35)25(8-1-2-9-25)10-12-27-21(18)31/h3-6,17-20,26,30H,1-2,7-14H2,(H,27,31)(H,28,32)(H,29,35)(H,33,34). The lowest BCUT2D eigenvalue weighted by atomic mass is 9.81. The first kappa shape index (κ1) is 27.6. The first-order valence-electron chi connectivity index (χ1n) is 12.7. The lowest BCUT2D eigenvalue weighted by Gasteiger charge is -2.29. The Labute approximate surface area is 223 Å². The number of carboxylic acid groups (broad SMARTS) is 1. The van der Waals surface area contributed by atoms with Crippen molar-refractivity contribution in [1.82, 2.24) is 21.3 Å². The van der Waals surface area contributed by atoms with E-state index in [9.17, 15) is 29.4 Å². The Balaban J connectivity index is 1.45. The number of aromatic hydroxyl groups is 1. The van der Waals surface area contributed by atoms with Gasteiger partial charge in [0.25, 0.3) is 0 Å². The molecule has 1 saturated carbocycles. The van der Waals surface area contributed by atoms with E-state index in [1.807, 2.05) is 0 Å². The number of carbonyl (C=O) groups is 4. The molecule has 4 atom stereocenters. The highest BCUT2D eigenvalue weighted by Crippen LogP contribution is 2.41. The molecule has 12 heteroatoms. The molecule has 10 nitrogen and oxygen atoms in total. The number of hydrogen-bond donors (Lipinski definition) is 6. The zero-order chi connectivity index (χ0) is 26.4. The minimum Gasteiger partial charge on any atom is -0.508 e. The van der Waals surface area contributed by atoms with Gasteiger partial charge in [-0.3, -0.25) is 14.4 Å². The first-order valence-corrected chi connectivity index (χ1v) is 15.2. The topological polar surface area (TPSA) is 157 Å². The monoisotopic (exact) mass is 550 g/mol. The summed E-state index contributed by atoms with van der Waals surface area (Å²) in [6.07, 6.45) is 4.27. The van der Waals surface area contributed by atoms with Crippen LogP contribution in [0.1, 0.15) is 50.0 Å². The van der Waals surface area contributed by atoms with Crippen LogP contribution in [-0.4, -0.2) is 76.6 Å². The van der Waals surface area contributed by atoms with Crippen molar-refractivity contribution in [2.45, 2.75) is 62.6 Å². The number of aliphatic carboxylic acids is 1. The number of amides is 3. The molecule has 3 amide bonds. The van der Waals surface area contributed by atoms with Crippen LogP contribution in [0.2, 0.25) is 0 Å². The fourth-order valence-electron chi connectivity index (χ4n) is 5.41. The van der Waals surface area contributed by atoms with Crippen molar-refractivity contribution in [2.75, 3.05) is 24.6 Å². The molecule has 1 spiro atoms. The molecule has 37 heavy (non-hydrogen) atoms. The number of phenols is 1. The molecule has 1 aromatic rings. The van der Waals surface area contributed by atoms with Crippen LogP contribution in [-0.2, 0) is 19.2 Å². The van der Waals surface area contributed by atoms with Gasteiger partial charge in [0, 0.05) is 24.0 Å². The predicted molar refractivity (Wildman–Crippen MR) is 142 cm³/mol. The van der Waals surface area contributed by atoms with E-state index in [0.717, 1.165) is 24.8 Å². The summed E-state index contributed by atoms with van der Waals surface area (Å²) in [6, 6.07) is 4.46. The molecule has 2 heterocycles. The van der Waals surface area contributed by atoms with E-state index in [-0.39, 0.29) is 47.4 Å². The van der Waals surface area contributed by atoms with Gasteiger partial charge >= 0.3 is 5.97 Å². The molecule has 3 fully saturated rings. The van der Waals surface area contributed by atoms with Crippen molar-refractivity contribution < 1.29 is 29.4 Å². The smallest absolute Gasteiger partial charge is 0.327 e. The third-order valence-electron chi connectivity index (χ3n) is 7.56. The van der Waals surface area contributed by atoms with Gasteiger partial charge in [-0.05, 0) is 49.9 Å². The van der Waals surface area contributed by atoms with Gasteiger partial charge in [0.15, 0.2) is 0 Å². The average Bonchev–Trinajstić information content (AvgIpc) is 3.55. The van der Waals surface area contributed by atoms with E-state index >= 15 is 0 Å². The zero-order valence-corrected chi connectivity index (χ0v) is 22.2. The fourth-order valence-corrected chi connectivity index (χ4v) is 7.73. The quantitative estimate of drug-likeness (QED) is 0.305. The highest BCUT2D eigenvalue weighted by Gasteiger charge is 2.42. The Hall–Kier alpha value is -2.44. The van der Waals surface area contributed by atoms with Gasteiger partial charge in [0.05, 0.1) is 11.5 Å². The Kier molecular flexibility index (Phi) is 9.25. The minimum absolute atomic E-state index is 0.0870. The molecule has 2 saturated heterocycles. The van der Waals surface area contributed by atoms with Gasteiger partial charge in [-0.25, -0.2) is 4.79 Å². The van der Waals surface area contributed by atoms with Crippen LogP contribution >= 0.6 is 21.6 Å². The summed E-state index contributed by atoms with van der Waals surface area (Å²) in [5.74, 6) is -1.46. The van der Waals surface area contributed by atoms with Crippen LogP contribution in [0.5, 0.6) is 5.75 Å². The van der Waals surface area contributed by atoms with Crippen LogP contribution in [0.4, 0.5) is 0 Å². The van der Waals surface area contributed by atoms with E-state index < -0.39 is 29.5 Å². The van der Waals surface area contributed by atoms with Crippen molar-refractivity contribution in [3.8, 4) is 5.75 Å². The van der Waals surface area contributed by atoms with Crippen molar-refractivity contribution in [1.29, 1.82) is 0 Å². The molecule has 2 aliphatic heterocycles. The maximum absolute atomic E-state index is 13.3. The lowest BCUT2D eigenvalue weighted by Crippen LogP contribution is -2.54. The molecule has 0 radical (unpaired) electrons. The SMILES string of the molecule is O=C(O)C1CSSCC(NC(=O)C2NCCC2c2ccc(O)cc2)C(=O)NCCC2(CCCC2)C(=O)N1. The number of benzene rings is 1. The molecule has 1 aromatic carbocycles. The van der Waals surface area contributed by atoms with Gasteiger partial charge in [-0.15, -0.1) is 0 Å². The second-order valence-electron chi connectivity index (χ2n) is 9.94. The highest BCUT2D eigenvalue weighted by molar-refractivity contribution is 8.76. The maximum Gasteiger partial charge on any atom is 0.327 e. The normalized spacial score (nSPS) is 28.9. The summed E-state index contributed by atoms with van der Waals surface area (Å²) >= 11 is 0. The third kappa shape index (κ3) is 6.71. The van der Waals surface area contributed by atoms with Crippen LogP contribution < -0.4 is 21.3 Å². The number of carbonyl (C=O) groups excluding carboxylic acids is 3. The first-order chi connectivity index (χ1) is 17.8. The van der Waals surface area contributed by atoms with Crippen molar-refractivity contribution in [3.05, 3.63) is 29.8 Å². The number of phenolic OH excluding ortho intramolecular Hbond substituents is 1. The largest absolute Gasteiger partial charge is 0.508 e. The van der Waals surface area contributed by atoms with Gasteiger partial charge in [-0.1, -0.05) is 46.6 Å². The Morgan fingerprint density at radius 3 is 2.41 bits per heavy atom. The van der Waals surface area contributed by atoms with Gasteiger partial charge < -0.3 is 31.5 Å². The highest BCUT2D eigenvalue weighted by atomic mass is 33.1. The van der Waals surface area contributed by atoms with Crippen molar-refractivity contribution in [3.63, 3.8) is 0 Å². The Morgan fingerprint density at radius 1 is 1.00 bits per heavy atom. The van der Waals surface area contributed by atoms with Crippen LogP contribution in [0.25, 0.3) is 0 Å². The molecular weight excluding hydrogens is 516 g/mol. The summed E-state index contributed by atoms with van der Waals surface area (Å²) in [4.78, 5) is 51.3. The van der Waals surface area contributed by atoms with E-state index in [0.29, 0.717) is 25.8 Å². The molecule has 3 aliphatic rings. The van der Waals surface area contributed by atoms with E-state index in [2.05, 4.69) is 21.3 Å². The van der Waals surface area contributed by atoms with E-state index in [1.54, 1.807) is 24.3 Å². The Morgan fingerprint density at radius 2 is 1.70 bits per heavy atom. The molecule has 0 aromatic heterocycles. The second-order valence-corrected chi connectivity index (χ2v) is 12.5. The zero-order valence-electron chi connectivity index (χ0n) is 20.5. The van der Waals surface area contributed by atoms with E-state index in [4.69, 9.17) is 0 Å². The van der Waals surface area contributed by atoms with Crippen molar-refractivity contribution >= 4 is 45.3 Å². The number of nitrogens with one attached hydrogen (secondary N) is 4. The molecule has 6 N–H and O–H groups in total. The number of hydrogen-bond acceptors (Lipinski definition) is 8. The molecule has 4 rings (SSSR count). The average molecular weight is 551 g/mol. The van der Waals surface area contributed by atoms with Crippen molar-refractivity contribution in [2.24, 2.45) is 5.41 Å². The summed E-state index contributed by atoms with van der Waals surface area (Å²) in [5, 5.41) is 31.0. The van der Waals surface area contributed by atoms with Gasteiger partial charge in [-0.2, -0.15) is 0 Å². The maximum atomic E-state index is 13.3. The summed E-state index contributed by atoms with van der Waals surface area (Å²) in [5.41, 5.74) is 0.252. The lowest BCUT2D eigenvalue weighted by molar-refractivity contribution is -0.143. The molecular formula is C25H34N4O6S2. The number of carboxylic acids is 1. The molecule has 0 bridgehead atoms. The van der Waals surface area contributed by atoms with Crippen LogP contribution in [0.3, 0.4) is 0 Å². The van der Waals surface area contributed by atoms with Crippen LogP contribution in [0, 0.1) is 5.41 Å². The summed E-state index contributed by atoms with van der Waals surface area (Å²) in [6.45, 7) is 0.927. The van der Waals surface area contributed by atoms with Crippen LogP contribution in [0.15, 0.2) is 24.3 Å². The number of rotatable bonds is 4. The molecule has 202 valence electrons. The van der Waals surface area contributed by atoms with Gasteiger partial charge in [0.1, 0.15) is 17.8 Å². The Bertz CT molecular complexity index is 1000. The minimum atomic E-state index is -1.09. The van der Waals surface area contributed by atoms with E-state index in [1.165, 1.54) is 21.6 Å². The second kappa shape index (κ2) is 12.4. The molecule has 1 aliphatic carbocycles. The van der Waals surface area contributed by atoms with Gasteiger partial charge in [0.2, 0.25) is 17.7 Å².